The lowest BCUT2D eigenvalue weighted by atomic mass is 10.1. The van der Waals surface area contributed by atoms with Crippen molar-refractivity contribution in [2.45, 2.75) is 64.8 Å². The summed E-state index contributed by atoms with van der Waals surface area (Å²) in [7, 11) is 0. The Balaban J connectivity index is 3.40. The Hall–Kier alpha value is -0.0500. The van der Waals surface area contributed by atoms with E-state index in [2.05, 4.69) is 35.1 Å². The van der Waals surface area contributed by atoms with Gasteiger partial charge in [0.2, 0.25) is 5.91 Å². The van der Waals surface area contributed by atoms with E-state index in [-0.39, 0.29) is 5.91 Å². The van der Waals surface area contributed by atoms with Crippen molar-refractivity contribution < 1.29 is 4.79 Å². The Labute approximate surface area is 102 Å². The standard InChI is InChI=1S/C12H24BrNO/c1-3-4-5-8-11(2)14-12(15)9-6-7-10-13/h11H,3-10H2,1-2H3,(H,14,15). The number of amides is 1. The van der Waals surface area contributed by atoms with Crippen LogP contribution in [-0.2, 0) is 4.79 Å². The number of hydrogen-bond donors (Lipinski definition) is 1. The summed E-state index contributed by atoms with van der Waals surface area (Å²) in [6.45, 7) is 4.29. The molecule has 0 radical (unpaired) electrons. The average molecular weight is 278 g/mol. The highest BCUT2D eigenvalue weighted by atomic mass is 79.9. The summed E-state index contributed by atoms with van der Waals surface area (Å²) in [6.07, 6.45) is 7.58. The molecule has 0 aliphatic carbocycles. The third-order valence-electron chi connectivity index (χ3n) is 2.44. The summed E-state index contributed by atoms with van der Waals surface area (Å²) in [5.74, 6) is 0.208. The van der Waals surface area contributed by atoms with Crippen molar-refractivity contribution >= 4 is 21.8 Å². The Kier molecular flexibility index (Phi) is 10.4. The van der Waals surface area contributed by atoms with Gasteiger partial charge in [-0.3, -0.25) is 4.79 Å². The molecule has 3 heteroatoms. The first-order valence-corrected chi connectivity index (χ1v) is 7.18. The van der Waals surface area contributed by atoms with Gasteiger partial charge in [-0.2, -0.15) is 0 Å². The molecule has 1 amide bonds. The summed E-state index contributed by atoms with van der Waals surface area (Å²) >= 11 is 3.36. The summed E-state index contributed by atoms with van der Waals surface area (Å²) in [4.78, 5) is 11.4. The summed E-state index contributed by atoms with van der Waals surface area (Å²) in [6, 6.07) is 0.341. The Bertz CT molecular complexity index is 162. The molecule has 0 fully saturated rings. The second-order valence-electron chi connectivity index (χ2n) is 4.11. The number of hydrogen-bond acceptors (Lipinski definition) is 1. The molecule has 0 spiro atoms. The van der Waals surface area contributed by atoms with Crippen LogP contribution in [0.3, 0.4) is 0 Å². The minimum Gasteiger partial charge on any atom is -0.354 e. The first-order valence-electron chi connectivity index (χ1n) is 6.06. The van der Waals surface area contributed by atoms with Gasteiger partial charge in [0.05, 0.1) is 0 Å². The van der Waals surface area contributed by atoms with Gasteiger partial charge in [0.25, 0.3) is 0 Å². The molecule has 0 aromatic carbocycles. The maximum absolute atomic E-state index is 11.4. The molecule has 90 valence electrons. The lowest BCUT2D eigenvalue weighted by Gasteiger charge is -2.13. The molecule has 1 unspecified atom stereocenters. The highest BCUT2D eigenvalue weighted by Gasteiger charge is 2.06. The van der Waals surface area contributed by atoms with Gasteiger partial charge in [0.1, 0.15) is 0 Å². The molecule has 0 aromatic rings. The quantitative estimate of drug-likeness (QED) is 0.506. The molecular formula is C12H24BrNO. The third kappa shape index (κ3) is 10.2. The molecule has 0 rings (SSSR count). The largest absolute Gasteiger partial charge is 0.354 e. The van der Waals surface area contributed by atoms with Crippen LogP contribution in [-0.4, -0.2) is 17.3 Å². The van der Waals surface area contributed by atoms with Crippen LogP contribution in [0.25, 0.3) is 0 Å². The van der Waals surface area contributed by atoms with Crippen LogP contribution in [0.1, 0.15) is 58.8 Å². The van der Waals surface area contributed by atoms with E-state index in [1.165, 1.54) is 19.3 Å². The fourth-order valence-corrected chi connectivity index (χ4v) is 1.90. The topological polar surface area (TPSA) is 29.1 Å². The van der Waals surface area contributed by atoms with Gasteiger partial charge < -0.3 is 5.32 Å². The van der Waals surface area contributed by atoms with Crippen LogP contribution in [0.4, 0.5) is 0 Å². The van der Waals surface area contributed by atoms with Crippen molar-refractivity contribution in [1.82, 2.24) is 5.32 Å². The molecule has 15 heavy (non-hydrogen) atoms. The summed E-state index contributed by atoms with van der Waals surface area (Å²) < 4.78 is 0. The Morgan fingerprint density at radius 2 is 2.00 bits per heavy atom. The smallest absolute Gasteiger partial charge is 0.220 e. The van der Waals surface area contributed by atoms with Crippen molar-refractivity contribution in [3.63, 3.8) is 0 Å². The fourth-order valence-electron chi connectivity index (χ4n) is 1.50. The zero-order valence-electron chi connectivity index (χ0n) is 10.0. The molecule has 1 atom stereocenters. The number of carbonyl (C=O) groups excluding carboxylic acids is 1. The molecule has 0 aliphatic rings. The minimum atomic E-state index is 0.208. The lowest BCUT2D eigenvalue weighted by Crippen LogP contribution is -2.32. The van der Waals surface area contributed by atoms with Crippen LogP contribution >= 0.6 is 15.9 Å². The second-order valence-corrected chi connectivity index (χ2v) is 4.90. The zero-order chi connectivity index (χ0) is 11.5. The first-order chi connectivity index (χ1) is 7.20. The fraction of sp³-hybridized carbons (Fsp3) is 0.917. The molecule has 0 heterocycles. The van der Waals surface area contributed by atoms with Crippen LogP contribution in [0.5, 0.6) is 0 Å². The highest BCUT2D eigenvalue weighted by Crippen LogP contribution is 2.04. The van der Waals surface area contributed by atoms with E-state index in [1.807, 2.05) is 0 Å². The van der Waals surface area contributed by atoms with E-state index in [9.17, 15) is 4.79 Å². The first kappa shape index (κ1) is 14.9. The van der Waals surface area contributed by atoms with Crippen LogP contribution in [0.2, 0.25) is 0 Å². The highest BCUT2D eigenvalue weighted by molar-refractivity contribution is 9.09. The van der Waals surface area contributed by atoms with E-state index in [1.54, 1.807) is 0 Å². The van der Waals surface area contributed by atoms with Crippen LogP contribution in [0.15, 0.2) is 0 Å². The van der Waals surface area contributed by atoms with Gasteiger partial charge >= 0.3 is 0 Å². The van der Waals surface area contributed by atoms with Crippen molar-refractivity contribution in [1.29, 1.82) is 0 Å². The van der Waals surface area contributed by atoms with E-state index >= 15 is 0 Å². The van der Waals surface area contributed by atoms with Crippen molar-refractivity contribution in [2.24, 2.45) is 0 Å². The van der Waals surface area contributed by atoms with Gasteiger partial charge in [-0.25, -0.2) is 0 Å². The van der Waals surface area contributed by atoms with Crippen molar-refractivity contribution in [3.8, 4) is 0 Å². The molecule has 0 bridgehead atoms. The van der Waals surface area contributed by atoms with Gasteiger partial charge in [0, 0.05) is 17.8 Å². The average Bonchev–Trinajstić information content (AvgIpc) is 2.18. The molecule has 0 aliphatic heterocycles. The normalized spacial score (nSPS) is 12.5. The number of rotatable bonds is 9. The minimum absolute atomic E-state index is 0.208. The lowest BCUT2D eigenvalue weighted by molar-refractivity contribution is -0.121. The van der Waals surface area contributed by atoms with E-state index in [0.717, 1.165) is 24.6 Å². The maximum atomic E-state index is 11.4. The number of carbonyl (C=O) groups is 1. The summed E-state index contributed by atoms with van der Waals surface area (Å²) in [5.41, 5.74) is 0. The molecule has 1 N–H and O–H groups in total. The number of halogens is 1. The number of alkyl halides is 1. The summed E-state index contributed by atoms with van der Waals surface area (Å²) in [5, 5.41) is 4.04. The predicted molar refractivity (Wildman–Crippen MR) is 69.4 cm³/mol. The van der Waals surface area contributed by atoms with Gasteiger partial charge in [0.15, 0.2) is 0 Å². The molecule has 0 aromatic heterocycles. The Morgan fingerprint density at radius 1 is 1.27 bits per heavy atom. The zero-order valence-corrected chi connectivity index (χ0v) is 11.6. The number of nitrogens with one attached hydrogen (secondary N) is 1. The van der Waals surface area contributed by atoms with Crippen LogP contribution < -0.4 is 5.32 Å². The maximum Gasteiger partial charge on any atom is 0.220 e. The molecule has 2 nitrogen and oxygen atoms in total. The third-order valence-corrected chi connectivity index (χ3v) is 3.00. The van der Waals surface area contributed by atoms with E-state index in [4.69, 9.17) is 0 Å². The number of unbranched alkanes of at least 4 members (excludes halogenated alkanes) is 3. The van der Waals surface area contributed by atoms with Gasteiger partial charge in [-0.15, -0.1) is 0 Å². The van der Waals surface area contributed by atoms with Gasteiger partial charge in [-0.1, -0.05) is 42.1 Å². The van der Waals surface area contributed by atoms with E-state index in [0.29, 0.717) is 12.5 Å². The van der Waals surface area contributed by atoms with Crippen molar-refractivity contribution in [2.75, 3.05) is 5.33 Å². The molecular weight excluding hydrogens is 254 g/mol. The van der Waals surface area contributed by atoms with Gasteiger partial charge in [-0.05, 0) is 26.2 Å². The van der Waals surface area contributed by atoms with Crippen LogP contribution in [0, 0.1) is 0 Å². The SMILES string of the molecule is CCCCCC(C)NC(=O)CCCCBr. The second kappa shape index (κ2) is 10.5. The van der Waals surface area contributed by atoms with Crippen molar-refractivity contribution in [3.05, 3.63) is 0 Å². The molecule has 0 saturated heterocycles. The monoisotopic (exact) mass is 277 g/mol. The van der Waals surface area contributed by atoms with E-state index < -0.39 is 0 Å². The Morgan fingerprint density at radius 3 is 2.60 bits per heavy atom. The predicted octanol–water partition coefficient (Wildman–Crippen LogP) is 3.64. The molecule has 0 saturated carbocycles.